The number of hydrogen-bond donors (Lipinski definition) is 2. The maximum Gasteiger partial charge on any atom is 0.232 e. The monoisotopic (exact) mass is 281 g/mol. The Hall–Kier alpha value is -1.51. The van der Waals surface area contributed by atoms with E-state index in [1.807, 2.05) is 13.8 Å². The summed E-state index contributed by atoms with van der Waals surface area (Å²) in [7, 11) is -3.27. The fourth-order valence-corrected chi connectivity index (χ4v) is 2.82. The van der Waals surface area contributed by atoms with E-state index in [1.165, 1.54) is 0 Å². The van der Waals surface area contributed by atoms with Crippen LogP contribution in [0.25, 0.3) is 0 Å². The molecule has 0 atom stereocenters. The summed E-state index contributed by atoms with van der Waals surface area (Å²) in [6, 6.07) is 5.17. The van der Waals surface area contributed by atoms with Gasteiger partial charge in [-0.15, -0.1) is 0 Å². The Morgan fingerprint density at radius 3 is 2.68 bits per heavy atom. The zero-order chi connectivity index (χ0) is 14.3. The van der Waals surface area contributed by atoms with Gasteiger partial charge in [-0.1, -0.05) is 25.2 Å². The Balaban J connectivity index is 2.84. The molecule has 4 nitrogen and oxygen atoms in total. The second-order valence-electron chi connectivity index (χ2n) is 4.26. The summed E-state index contributed by atoms with van der Waals surface area (Å²) in [6.07, 6.45) is 1.49. The molecule has 19 heavy (non-hydrogen) atoms. The van der Waals surface area contributed by atoms with Crippen LogP contribution in [0.5, 0.6) is 0 Å². The molecule has 0 saturated heterocycles. The smallest absolute Gasteiger partial charge is 0.232 e. The first-order valence-electron chi connectivity index (χ1n) is 6.19. The molecule has 0 aromatic heterocycles. The largest absolute Gasteiger partial charge is 0.384 e. The molecule has 104 valence electrons. The topological polar surface area (TPSA) is 66.4 Å². The second-order valence-corrected chi connectivity index (χ2v) is 6.11. The molecule has 0 heterocycles. The molecular weight excluding hydrogens is 262 g/mol. The molecule has 0 fully saturated rings. The van der Waals surface area contributed by atoms with E-state index in [1.54, 1.807) is 18.2 Å². The molecule has 0 unspecified atom stereocenters. The van der Waals surface area contributed by atoms with Crippen molar-refractivity contribution in [1.82, 2.24) is 0 Å². The molecule has 1 aromatic carbocycles. The third-order valence-corrected chi connectivity index (χ3v) is 3.94. The molecule has 5 heteroatoms. The standard InChI is InChI=1S/C14H19NO3S/c1-3-4-10-19(17,18)15-14-8-7-13(6-5-9-16)12(2)11-14/h7-8,11,15-16H,3-4,9-10H2,1-2H3. The van der Waals surface area contributed by atoms with E-state index in [2.05, 4.69) is 16.6 Å². The fraction of sp³-hybridized carbons (Fsp3) is 0.429. The van der Waals surface area contributed by atoms with Crippen LogP contribution in [0.4, 0.5) is 5.69 Å². The maximum atomic E-state index is 11.8. The molecule has 0 bridgehead atoms. The Bertz CT molecular complexity index is 582. The number of anilines is 1. The minimum Gasteiger partial charge on any atom is -0.384 e. The lowest BCUT2D eigenvalue weighted by Gasteiger charge is -2.09. The summed E-state index contributed by atoms with van der Waals surface area (Å²) in [5, 5.41) is 8.64. The van der Waals surface area contributed by atoms with Crippen molar-refractivity contribution < 1.29 is 13.5 Å². The van der Waals surface area contributed by atoms with Gasteiger partial charge in [0.2, 0.25) is 10.0 Å². The van der Waals surface area contributed by atoms with Crippen molar-refractivity contribution in [1.29, 1.82) is 0 Å². The number of sulfonamides is 1. The van der Waals surface area contributed by atoms with Gasteiger partial charge in [-0.3, -0.25) is 4.72 Å². The highest BCUT2D eigenvalue weighted by molar-refractivity contribution is 7.92. The molecule has 0 radical (unpaired) electrons. The first-order valence-corrected chi connectivity index (χ1v) is 7.84. The molecule has 0 aliphatic heterocycles. The minimum absolute atomic E-state index is 0.134. The highest BCUT2D eigenvalue weighted by Gasteiger charge is 2.09. The summed E-state index contributed by atoms with van der Waals surface area (Å²) < 4.78 is 26.1. The summed E-state index contributed by atoms with van der Waals surface area (Å²) in [6.45, 7) is 3.62. The predicted molar refractivity (Wildman–Crippen MR) is 77.5 cm³/mol. The molecule has 0 saturated carbocycles. The van der Waals surface area contributed by atoms with Crippen LogP contribution in [0.1, 0.15) is 30.9 Å². The van der Waals surface area contributed by atoms with Gasteiger partial charge in [-0.25, -0.2) is 8.42 Å². The van der Waals surface area contributed by atoms with Crippen molar-refractivity contribution in [3.05, 3.63) is 29.3 Å². The van der Waals surface area contributed by atoms with Gasteiger partial charge >= 0.3 is 0 Å². The fourth-order valence-electron chi connectivity index (χ4n) is 1.57. The number of aliphatic hydroxyl groups is 1. The molecule has 0 spiro atoms. The summed E-state index contributed by atoms with van der Waals surface area (Å²) in [5.41, 5.74) is 2.20. The number of aliphatic hydroxyl groups excluding tert-OH is 1. The van der Waals surface area contributed by atoms with E-state index < -0.39 is 10.0 Å². The van der Waals surface area contributed by atoms with Crippen LogP contribution in [0.2, 0.25) is 0 Å². The number of benzene rings is 1. The zero-order valence-electron chi connectivity index (χ0n) is 11.2. The zero-order valence-corrected chi connectivity index (χ0v) is 12.0. The molecule has 1 aromatic rings. The SMILES string of the molecule is CCCCS(=O)(=O)Nc1ccc(C#CCO)c(C)c1. The van der Waals surface area contributed by atoms with Crippen molar-refractivity contribution in [3.8, 4) is 11.8 Å². The average molecular weight is 281 g/mol. The van der Waals surface area contributed by atoms with Crippen molar-refractivity contribution in [2.24, 2.45) is 0 Å². The Morgan fingerprint density at radius 1 is 1.37 bits per heavy atom. The van der Waals surface area contributed by atoms with Crippen LogP contribution >= 0.6 is 0 Å². The lowest BCUT2D eigenvalue weighted by atomic mass is 10.1. The number of nitrogens with one attached hydrogen (secondary N) is 1. The van der Waals surface area contributed by atoms with Crippen molar-refractivity contribution in [2.45, 2.75) is 26.7 Å². The van der Waals surface area contributed by atoms with E-state index in [0.717, 1.165) is 17.5 Å². The van der Waals surface area contributed by atoms with Gasteiger partial charge in [0.15, 0.2) is 0 Å². The molecule has 2 N–H and O–H groups in total. The average Bonchev–Trinajstić information content (AvgIpc) is 2.35. The lowest BCUT2D eigenvalue weighted by molar-refractivity contribution is 0.350. The highest BCUT2D eigenvalue weighted by atomic mass is 32.2. The molecule has 0 aliphatic carbocycles. The van der Waals surface area contributed by atoms with Crippen LogP contribution in [-0.2, 0) is 10.0 Å². The van der Waals surface area contributed by atoms with E-state index in [-0.39, 0.29) is 12.4 Å². The van der Waals surface area contributed by atoms with Gasteiger partial charge in [0.1, 0.15) is 6.61 Å². The van der Waals surface area contributed by atoms with Gasteiger partial charge in [0.05, 0.1) is 5.75 Å². The third kappa shape index (κ3) is 5.33. The Labute approximate surface area is 114 Å². The molecular formula is C14H19NO3S. The summed E-state index contributed by atoms with van der Waals surface area (Å²) in [5.74, 6) is 5.51. The van der Waals surface area contributed by atoms with Crippen molar-refractivity contribution in [3.63, 3.8) is 0 Å². The van der Waals surface area contributed by atoms with Gasteiger partial charge in [-0.05, 0) is 37.1 Å². The maximum absolute atomic E-state index is 11.8. The van der Waals surface area contributed by atoms with E-state index in [0.29, 0.717) is 12.1 Å². The summed E-state index contributed by atoms with van der Waals surface area (Å²) in [4.78, 5) is 0. The van der Waals surface area contributed by atoms with Gasteiger partial charge in [0, 0.05) is 11.3 Å². The van der Waals surface area contributed by atoms with Crippen LogP contribution in [0.3, 0.4) is 0 Å². The van der Waals surface area contributed by atoms with Crippen molar-refractivity contribution >= 4 is 15.7 Å². The summed E-state index contributed by atoms with van der Waals surface area (Å²) >= 11 is 0. The number of hydrogen-bond acceptors (Lipinski definition) is 3. The van der Waals surface area contributed by atoms with Crippen LogP contribution < -0.4 is 4.72 Å². The number of rotatable bonds is 5. The number of unbranched alkanes of at least 4 members (excludes halogenated alkanes) is 1. The third-order valence-electron chi connectivity index (χ3n) is 2.57. The minimum atomic E-state index is -3.27. The predicted octanol–water partition coefficient (Wildman–Crippen LogP) is 1.88. The first kappa shape index (κ1) is 15.5. The first-order chi connectivity index (χ1) is 8.98. The second kappa shape index (κ2) is 7.17. The lowest BCUT2D eigenvalue weighted by Crippen LogP contribution is -2.16. The van der Waals surface area contributed by atoms with E-state index in [9.17, 15) is 8.42 Å². The van der Waals surface area contributed by atoms with Gasteiger partial charge < -0.3 is 5.11 Å². The van der Waals surface area contributed by atoms with Crippen LogP contribution in [0.15, 0.2) is 18.2 Å². The number of aryl methyl sites for hydroxylation is 1. The van der Waals surface area contributed by atoms with Gasteiger partial charge in [0.25, 0.3) is 0 Å². The van der Waals surface area contributed by atoms with Crippen LogP contribution in [0, 0.1) is 18.8 Å². The normalized spacial score (nSPS) is 10.7. The Kier molecular flexibility index (Phi) is 5.87. The Morgan fingerprint density at radius 2 is 2.11 bits per heavy atom. The van der Waals surface area contributed by atoms with E-state index >= 15 is 0 Å². The quantitative estimate of drug-likeness (QED) is 0.810. The highest BCUT2D eigenvalue weighted by Crippen LogP contribution is 2.16. The van der Waals surface area contributed by atoms with E-state index in [4.69, 9.17) is 5.11 Å². The van der Waals surface area contributed by atoms with Crippen LogP contribution in [-0.4, -0.2) is 25.9 Å². The molecule has 1 rings (SSSR count). The molecule has 0 amide bonds. The molecule has 0 aliphatic rings. The van der Waals surface area contributed by atoms with Crippen molar-refractivity contribution in [2.75, 3.05) is 17.1 Å². The van der Waals surface area contributed by atoms with Gasteiger partial charge in [-0.2, -0.15) is 0 Å².